The second kappa shape index (κ2) is 4.74. The Morgan fingerprint density at radius 3 is 2.47 bits per heavy atom. The lowest BCUT2D eigenvalue weighted by Crippen LogP contribution is -2.34. The summed E-state index contributed by atoms with van der Waals surface area (Å²) in [5.74, 6) is 4.02. The van der Waals surface area contributed by atoms with Crippen LogP contribution in [0.2, 0.25) is 0 Å². The average Bonchev–Trinajstić information content (AvgIpc) is 3.00. The van der Waals surface area contributed by atoms with E-state index in [1.54, 1.807) is 0 Å². The van der Waals surface area contributed by atoms with Crippen LogP contribution in [0, 0.1) is 29.6 Å². The molecule has 1 nitrogen and oxygen atoms in total. The fraction of sp³-hybridized carbons (Fsp3) is 0.938. The zero-order chi connectivity index (χ0) is 11.8. The number of Topliss-reactive ketones (excluding diaryl/α,β-unsaturated/α-hetero) is 1. The third-order valence-corrected chi connectivity index (χ3v) is 5.90. The van der Waals surface area contributed by atoms with Gasteiger partial charge in [0.15, 0.2) is 0 Å². The molecule has 0 spiro atoms. The van der Waals surface area contributed by atoms with Crippen LogP contribution in [-0.4, -0.2) is 5.78 Å². The van der Waals surface area contributed by atoms with E-state index in [4.69, 9.17) is 0 Å². The van der Waals surface area contributed by atoms with Gasteiger partial charge in [0.25, 0.3) is 0 Å². The molecule has 1 heteroatoms. The summed E-state index contributed by atoms with van der Waals surface area (Å²) in [5.41, 5.74) is 0. The molecule has 0 N–H and O–H groups in total. The van der Waals surface area contributed by atoms with Crippen LogP contribution in [-0.2, 0) is 4.79 Å². The molecular weight excluding hydrogens is 208 g/mol. The molecule has 0 aliphatic heterocycles. The molecule has 0 aromatic heterocycles. The van der Waals surface area contributed by atoms with Crippen molar-refractivity contribution >= 4 is 5.78 Å². The number of carbonyl (C=O) groups excluding carboxylic acids is 1. The Morgan fingerprint density at radius 1 is 1.00 bits per heavy atom. The second-order valence-corrected chi connectivity index (χ2v) is 6.74. The van der Waals surface area contributed by atoms with Crippen LogP contribution < -0.4 is 0 Å². The minimum Gasteiger partial charge on any atom is -0.299 e. The van der Waals surface area contributed by atoms with Crippen LogP contribution in [0.5, 0.6) is 0 Å². The first-order valence-corrected chi connectivity index (χ1v) is 7.83. The first kappa shape index (κ1) is 11.7. The van der Waals surface area contributed by atoms with Crippen LogP contribution in [0.4, 0.5) is 0 Å². The Hall–Kier alpha value is -0.330. The van der Waals surface area contributed by atoms with Gasteiger partial charge in [0, 0.05) is 11.8 Å². The highest BCUT2D eigenvalue weighted by Crippen LogP contribution is 2.50. The number of fused-ring (bicyclic) bond motifs is 2. The van der Waals surface area contributed by atoms with E-state index in [1.807, 2.05) is 0 Å². The third-order valence-electron chi connectivity index (χ3n) is 5.90. The van der Waals surface area contributed by atoms with Gasteiger partial charge in [-0.15, -0.1) is 0 Å². The Labute approximate surface area is 105 Å². The Bertz CT molecular complexity index is 296. The zero-order valence-corrected chi connectivity index (χ0v) is 11.2. The summed E-state index contributed by atoms with van der Waals surface area (Å²) in [4.78, 5) is 12.8. The lowest BCUT2D eigenvalue weighted by Gasteiger charge is -2.33. The largest absolute Gasteiger partial charge is 0.299 e. The molecule has 0 aromatic carbocycles. The summed E-state index contributed by atoms with van der Waals surface area (Å²) < 4.78 is 0. The number of hydrogen-bond acceptors (Lipinski definition) is 1. The van der Waals surface area contributed by atoms with E-state index in [1.165, 1.54) is 57.8 Å². The van der Waals surface area contributed by atoms with Crippen LogP contribution in [0.3, 0.4) is 0 Å². The van der Waals surface area contributed by atoms with Crippen molar-refractivity contribution in [3.8, 4) is 0 Å². The lowest BCUT2D eigenvalue weighted by molar-refractivity contribution is -0.131. The van der Waals surface area contributed by atoms with Crippen molar-refractivity contribution < 1.29 is 4.79 Å². The van der Waals surface area contributed by atoms with Crippen LogP contribution in [0.15, 0.2) is 0 Å². The van der Waals surface area contributed by atoms with Gasteiger partial charge >= 0.3 is 0 Å². The minimum atomic E-state index is 0.443. The van der Waals surface area contributed by atoms with E-state index in [0.717, 1.165) is 17.8 Å². The monoisotopic (exact) mass is 234 g/mol. The van der Waals surface area contributed by atoms with E-state index < -0.39 is 0 Å². The molecule has 3 aliphatic carbocycles. The van der Waals surface area contributed by atoms with Crippen LogP contribution >= 0.6 is 0 Å². The Balaban J connectivity index is 1.68. The van der Waals surface area contributed by atoms with Gasteiger partial charge in [0.1, 0.15) is 5.78 Å². The molecular formula is C16H26O. The third kappa shape index (κ3) is 2.06. The summed E-state index contributed by atoms with van der Waals surface area (Å²) >= 11 is 0. The summed E-state index contributed by atoms with van der Waals surface area (Å²) in [6, 6.07) is 0. The van der Waals surface area contributed by atoms with E-state index in [-0.39, 0.29) is 0 Å². The maximum absolute atomic E-state index is 12.8. The van der Waals surface area contributed by atoms with Gasteiger partial charge in [0.2, 0.25) is 0 Å². The molecule has 0 amide bonds. The highest BCUT2D eigenvalue weighted by atomic mass is 16.1. The fourth-order valence-corrected chi connectivity index (χ4v) is 4.94. The van der Waals surface area contributed by atoms with Gasteiger partial charge in [-0.05, 0) is 49.9 Å². The molecule has 96 valence electrons. The van der Waals surface area contributed by atoms with Gasteiger partial charge in [-0.2, -0.15) is 0 Å². The highest BCUT2D eigenvalue weighted by Gasteiger charge is 2.45. The molecule has 0 saturated heterocycles. The Kier molecular flexibility index (Phi) is 3.28. The quantitative estimate of drug-likeness (QED) is 0.715. The van der Waals surface area contributed by atoms with E-state index in [2.05, 4.69) is 6.92 Å². The standard InChI is InChI=1S/C16H26O/c1-2-12-5-3-4-6-14(12)16(17)15-10-11-7-8-13(15)9-11/h11-15H,2-10H2,1H3. The number of rotatable bonds is 3. The smallest absolute Gasteiger partial charge is 0.139 e. The van der Waals surface area contributed by atoms with Crippen LogP contribution in [0.25, 0.3) is 0 Å². The summed E-state index contributed by atoms with van der Waals surface area (Å²) in [6.45, 7) is 2.27. The minimum absolute atomic E-state index is 0.443. The number of ketones is 1. The molecule has 3 rings (SSSR count). The van der Waals surface area contributed by atoms with Crippen molar-refractivity contribution in [3.05, 3.63) is 0 Å². The second-order valence-electron chi connectivity index (χ2n) is 6.74. The number of carbonyl (C=O) groups is 1. The maximum atomic E-state index is 12.8. The molecule has 2 bridgehead atoms. The summed E-state index contributed by atoms with van der Waals surface area (Å²) in [5, 5.41) is 0. The van der Waals surface area contributed by atoms with E-state index in [9.17, 15) is 4.79 Å². The molecule has 0 radical (unpaired) electrons. The van der Waals surface area contributed by atoms with E-state index >= 15 is 0 Å². The first-order chi connectivity index (χ1) is 8.29. The van der Waals surface area contributed by atoms with Crippen molar-refractivity contribution in [2.24, 2.45) is 29.6 Å². The van der Waals surface area contributed by atoms with Crippen molar-refractivity contribution in [3.63, 3.8) is 0 Å². The highest BCUT2D eigenvalue weighted by molar-refractivity contribution is 5.84. The van der Waals surface area contributed by atoms with Crippen molar-refractivity contribution in [2.45, 2.75) is 64.7 Å². The molecule has 3 fully saturated rings. The summed E-state index contributed by atoms with van der Waals surface area (Å²) in [6.07, 6.45) is 11.8. The Morgan fingerprint density at radius 2 is 1.82 bits per heavy atom. The van der Waals surface area contributed by atoms with Crippen LogP contribution in [0.1, 0.15) is 64.7 Å². The fourth-order valence-electron chi connectivity index (χ4n) is 4.94. The molecule has 3 aliphatic rings. The molecule has 5 unspecified atom stereocenters. The van der Waals surface area contributed by atoms with Crippen molar-refractivity contribution in [1.29, 1.82) is 0 Å². The van der Waals surface area contributed by atoms with Gasteiger partial charge in [0.05, 0.1) is 0 Å². The molecule has 5 atom stereocenters. The van der Waals surface area contributed by atoms with Crippen molar-refractivity contribution in [1.82, 2.24) is 0 Å². The molecule has 3 saturated carbocycles. The van der Waals surface area contributed by atoms with Gasteiger partial charge in [-0.1, -0.05) is 32.6 Å². The average molecular weight is 234 g/mol. The predicted octanol–water partition coefficient (Wildman–Crippen LogP) is 4.21. The topological polar surface area (TPSA) is 17.1 Å². The predicted molar refractivity (Wildman–Crippen MR) is 69.7 cm³/mol. The van der Waals surface area contributed by atoms with Gasteiger partial charge in [-0.3, -0.25) is 4.79 Å². The molecule has 17 heavy (non-hydrogen) atoms. The number of hydrogen-bond donors (Lipinski definition) is 0. The van der Waals surface area contributed by atoms with Gasteiger partial charge < -0.3 is 0 Å². The van der Waals surface area contributed by atoms with Gasteiger partial charge in [-0.25, -0.2) is 0 Å². The summed E-state index contributed by atoms with van der Waals surface area (Å²) in [7, 11) is 0. The van der Waals surface area contributed by atoms with Crippen molar-refractivity contribution in [2.75, 3.05) is 0 Å². The lowest BCUT2D eigenvalue weighted by atomic mass is 9.70. The SMILES string of the molecule is CCC1CCCCC1C(=O)C1CC2CCC1C2. The zero-order valence-electron chi connectivity index (χ0n) is 11.2. The molecule has 0 heterocycles. The van der Waals surface area contributed by atoms with E-state index in [0.29, 0.717) is 17.6 Å². The maximum Gasteiger partial charge on any atom is 0.139 e. The normalized spacial score (nSPS) is 45.1. The molecule has 0 aromatic rings. The first-order valence-electron chi connectivity index (χ1n) is 7.83.